The highest BCUT2D eigenvalue weighted by Gasteiger charge is 2.13. The SMILES string of the molecule is CCCC(C)COC(=O)c1cc(OC)ccc1N. The predicted octanol–water partition coefficient (Wildman–Crippen LogP) is 2.87. The number of anilines is 1. The highest BCUT2D eigenvalue weighted by molar-refractivity contribution is 5.95. The molecule has 1 atom stereocenters. The van der Waals surface area contributed by atoms with Crippen LogP contribution in [0.5, 0.6) is 5.75 Å². The third-order valence-corrected chi connectivity index (χ3v) is 2.76. The first-order chi connectivity index (χ1) is 8.58. The zero-order valence-electron chi connectivity index (χ0n) is 11.2. The van der Waals surface area contributed by atoms with Gasteiger partial charge in [0.05, 0.1) is 19.3 Å². The van der Waals surface area contributed by atoms with Gasteiger partial charge in [-0.2, -0.15) is 0 Å². The topological polar surface area (TPSA) is 61.5 Å². The van der Waals surface area contributed by atoms with Crippen LogP contribution in [0.25, 0.3) is 0 Å². The molecule has 1 aromatic rings. The van der Waals surface area contributed by atoms with Crippen molar-refractivity contribution in [3.63, 3.8) is 0 Å². The zero-order chi connectivity index (χ0) is 13.5. The number of carbonyl (C=O) groups is 1. The van der Waals surface area contributed by atoms with E-state index in [4.69, 9.17) is 15.2 Å². The molecule has 0 heterocycles. The maximum atomic E-state index is 11.9. The van der Waals surface area contributed by atoms with E-state index in [1.807, 2.05) is 0 Å². The minimum absolute atomic E-state index is 0.359. The summed E-state index contributed by atoms with van der Waals surface area (Å²) in [6.07, 6.45) is 2.13. The molecule has 100 valence electrons. The molecule has 0 aliphatic heterocycles. The molecular weight excluding hydrogens is 230 g/mol. The molecule has 1 rings (SSSR count). The molecule has 4 nitrogen and oxygen atoms in total. The maximum absolute atomic E-state index is 11.9. The van der Waals surface area contributed by atoms with Crippen molar-refractivity contribution < 1.29 is 14.3 Å². The third-order valence-electron chi connectivity index (χ3n) is 2.76. The Morgan fingerprint density at radius 3 is 2.78 bits per heavy atom. The third kappa shape index (κ3) is 3.95. The van der Waals surface area contributed by atoms with Gasteiger partial charge in [0.25, 0.3) is 0 Å². The Kier molecular flexibility index (Phi) is 5.49. The second-order valence-corrected chi connectivity index (χ2v) is 4.45. The van der Waals surface area contributed by atoms with Crippen LogP contribution in [0.3, 0.4) is 0 Å². The Morgan fingerprint density at radius 2 is 2.17 bits per heavy atom. The van der Waals surface area contributed by atoms with E-state index in [2.05, 4.69) is 13.8 Å². The van der Waals surface area contributed by atoms with E-state index in [-0.39, 0.29) is 0 Å². The van der Waals surface area contributed by atoms with Crippen LogP contribution in [0.2, 0.25) is 0 Å². The molecule has 2 N–H and O–H groups in total. The molecule has 0 saturated carbocycles. The standard InChI is InChI=1S/C14H21NO3/c1-4-5-10(2)9-18-14(16)12-8-11(17-3)6-7-13(12)15/h6-8,10H,4-5,9,15H2,1-3H3. The van der Waals surface area contributed by atoms with E-state index in [1.54, 1.807) is 25.3 Å². The minimum Gasteiger partial charge on any atom is -0.497 e. The number of ether oxygens (including phenoxy) is 2. The van der Waals surface area contributed by atoms with Crippen molar-refractivity contribution in [2.24, 2.45) is 5.92 Å². The highest BCUT2D eigenvalue weighted by atomic mass is 16.5. The van der Waals surface area contributed by atoms with Crippen molar-refractivity contribution in [2.75, 3.05) is 19.5 Å². The summed E-state index contributed by atoms with van der Waals surface area (Å²) in [5, 5.41) is 0. The summed E-state index contributed by atoms with van der Waals surface area (Å²) in [7, 11) is 1.55. The normalized spacial score (nSPS) is 11.9. The van der Waals surface area contributed by atoms with Gasteiger partial charge in [0.1, 0.15) is 5.75 Å². The average Bonchev–Trinajstić information content (AvgIpc) is 2.37. The first kappa shape index (κ1) is 14.4. The van der Waals surface area contributed by atoms with Gasteiger partial charge in [-0.25, -0.2) is 4.79 Å². The number of nitrogens with two attached hydrogens (primary N) is 1. The smallest absolute Gasteiger partial charge is 0.340 e. The number of rotatable bonds is 6. The molecule has 0 aromatic heterocycles. The molecule has 0 fully saturated rings. The first-order valence-corrected chi connectivity index (χ1v) is 6.19. The second kappa shape index (κ2) is 6.89. The lowest BCUT2D eigenvalue weighted by Gasteiger charge is -2.12. The summed E-state index contributed by atoms with van der Waals surface area (Å²) in [5.41, 5.74) is 6.52. The lowest BCUT2D eigenvalue weighted by molar-refractivity contribution is 0.0444. The molecule has 0 radical (unpaired) electrons. The Labute approximate surface area is 108 Å². The van der Waals surface area contributed by atoms with Crippen LogP contribution in [0.4, 0.5) is 5.69 Å². The van der Waals surface area contributed by atoms with E-state index in [0.717, 1.165) is 12.8 Å². The van der Waals surface area contributed by atoms with Gasteiger partial charge in [0, 0.05) is 5.69 Å². The molecule has 0 bridgehead atoms. The van der Waals surface area contributed by atoms with Gasteiger partial charge >= 0.3 is 5.97 Å². The number of hydrogen-bond donors (Lipinski definition) is 1. The van der Waals surface area contributed by atoms with Gasteiger partial charge < -0.3 is 15.2 Å². The summed E-state index contributed by atoms with van der Waals surface area (Å²) in [5.74, 6) is 0.567. The van der Waals surface area contributed by atoms with Crippen molar-refractivity contribution in [3.05, 3.63) is 23.8 Å². The second-order valence-electron chi connectivity index (χ2n) is 4.45. The van der Waals surface area contributed by atoms with E-state index in [9.17, 15) is 4.79 Å². The summed E-state index contributed by atoms with van der Waals surface area (Å²) < 4.78 is 10.3. The van der Waals surface area contributed by atoms with Crippen LogP contribution in [0.1, 0.15) is 37.0 Å². The molecule has 1 aromatic carbocycles. The summed E-state index contributed by atoms with van der Waals surface area (Å²) in [6.45, 7) is 4.59. The molecule has 0 amide bonds. The van der Waals surface area contributed by atoms with Crippen molar-refractivity contribution >= 4 is 11.7 Å². The van der Waals surface area contributed by atoms with E-state index in [0.29, 0.717) is 29.5 Å². The zero-order valence-corrected chi connectivity index (χ0v) is 11.2. The van der Waals surface area contributed by atoms with Crippen LogP contribution >= 0.6 is 0 Å². The van der Waals surface area contributed by atoms with Gasteiger partial charge in [-0.3, -0.25) is 0 Å². The number of hydrogen-bond acceptors (Lipinski definition) is 4. The minimum atomic E-state index is -0.394. The van der Waals surface area contributed by atoms with Gasteiger partial charge in [0.15, 0.2) is 0 Å². The molecule has 0 spiro atoms. The molecule has 0 saturated heterocycles. The quantitative estimate of drug-likeness (QED) is 0.623. The number of nitrogen functional groups attached to an aromatic ring is 1. The Hall–Kier alpha value is -1.71. The van der Waals surface area contributed by atoms with Crippen molar-refractivity contribution in [1.29, 1.82) is 0 Å². The molecule has 0 aliphatic rings. The monoisotopic (exact) mass is 251 g/mol. The maximum Gasteiger partial charge on any atom is 0.340 e. The van der Waals surface area contributed by atoms with Gasteiger partial charge in [0.2, 0.25) is 0 Å². The molecule has 18 heavy (non-hydrogen) atoms. The van der Waals surface area contributed by atoms with Crippen molar-refractivity contribution in [3.8, 4) is 5.75 Å². The van der Waals surface area contributed by atoms with Crippen LogP contribution < -0.4 is 10.5 Å². The summed E-state index contributed by atoms with van der Waals surface area (Å²) in [4.78, 5) is 11.9. The number of carbonyl (C=O) groups excluding carboxylic acids is 1. The lowest BCUT2D eigenvalue weighted by atomic mass is 10.1. The lowest BCUT2D eigenvalue weighted by Crippen LogP contribution is -2.13. The fourth-order valence-corrected chi connectivity index (χ4v) is 1.71. The summed E-state index contributed by atoms with van der Waals surface area (Å²) in [6, 6.07) is 4.96. The first-order valence-electron chi connectivity index (χ1n) is 6.19. The number of benzene rings is 1. The summed E-state index contributed by atoms with van der Waals surface area (Å²) >= 11 is 0. The van der Waals surface area contributed by atoms with Crippen LogP contribution in [0.15, 0.2) is 18.2 Å². The molecular formula is C14H21NO3. The molecule has 1 unspecified atom stereocenters. The van der Waals surface area contributed by atoms with Gasteiger partial charge in [-0.15, -0.1) is 0 Å². The average molecular weight is 251 g/mol. The highest BCUT2D eigenvalue weighted by Crippen LogP contribution is 2.20. The Bertz CT molecular complexity index is 404. The Balaban J connectivity index is 2.66. The van der Waals surface area contributed by atoms with Crippen LogP contribution in [-0.4, -0.2) is 19.7 Å². The fourth-order valence-electron chi connectivity index (χ4n) is 1.71. The fraction of sp³-hybridized carbons (Fsp3) is 0.500. The van der Waals surface area contributed by atoms with Gasteiger partial charge in [-0.1, -0.05) is 20.3 Å². The predicted molar refractivity (Wildman–Crippen MR) is 71.8 cm³/mol. The van der Waals surface area contributed by atoms with Crippen LogP contribution in [-0.2, 0) is 4.74 Å². The number of methoxy groups -OCH3 is 1. The van der Waals surface area contributed by atoms with Gasteiger partial charge in [-0.05, 0) is 30.5 Å². The molecule has 4 heteroatoms. The molecule has 0 aliphatic carbocycles. The number of esters is 1. The Morgan fingerprint density at radius 1 is 1.44 bits per heavy atom. The van der Waals surface area contributed by atoms with E-state index >= 15 is 0 Å². The van der Waals surface area contributed by atoms with Crippen LogP contribution in [0, 0.1) is 5.92 Å². The van der Waals surface area contributed by atoms with E-state index in [1.165, 1.54) is 0 Å². The largest absolute Gasteiger partial charge is 0.497 e. The van der Waals surface area contributed by atoms with Crippen molar-refractivity contribution in [2.45, 2.75) is 26.7 Å². The van der Waals surface area contributed by atoms with Crippen molar-refractivity contribution in [1.82, 2.24) is 0 Å². The van der Waals surface area contributed by atoms with E-state index < -0.39 is 5.97 Å².